The van der Waals surface area contributed by atoms with Gasteiger partial charge in [0.2, 0.25) is 0 Å². The van der Waals surface area contributed by atoms with Crippen molar-refractivity contribution in [2.75, 3.05) is 33.3 Å². The molecule has 2 heterocycles. The minimum Gasteiger partial charge on any atom is -0.364 e. The minimum atomic E-state index is 0.157. The third-order valence-corrected chi connectivity index (χ3v) is 3.70. The molecule has 0 aromatic heterocycles. The van der Waals surface area contributed by atoms with E-state index in [4.69, 9.17) is 9.47 Å². The van der Waals surface area contributed by atoms with Gasteiger partial charge < -0.3 is 9.47 Å². The van der Waals surface area contributed by atoms with Gasteiger partial charge in [-0.2, -0.15) is 0 Å². The summed E-state index contributed by atoms with van der Waals surface area (Å²) in [7, 11) is 0. The molecule has 0 bridgehead atoms. The molecular formula is C12H24N2O2. The van der Waals surface area contributed by atoms with Crippen molar-refractivity contribution in [1.82, 2.24) is 9.80 Å². The van der Waals surface area contributed by atoms with E-state index in [9.17, 15) is 0 Å². The number of hydrogen-bond acceptors (Lipinski definition) is 4. The molecule has 4 heteroatoms. The van der Waals surface area contributed by atoms with Crippen LogP contribution in [0.15, 0.2) is 0 Å². The van der Waals surface area contributed by atoms with Crippen molar-refractivity contribution in [3.63, 3.8) is 0 Å². The normalized spacial score (nSPS) is 31.7. The zero-order valence-electron chi connectivity index (χ0n) is 10.9. The first kappa shape index (κ1) is 12.3. The Morgan fingerprint density at radius 1 is 1.25 bits per heavy atom. The van der Waals surface area contributed by atoms with Crippen molar-refractivity contribution in [3.05, 3.63) is 0 Å². The van der Waals surface area contributed by atoms with E-state index in [1.165, 1.54) is 0 Å². The number of rotatable bonds is 3. The molecule has 2 rings (SSSR count). The topological polar surface area (TPSA) is 24.9 Å². The number of ether oxygens (including phenoxy) is 2. The summed E-state index contributed by atoms with van der Waals surface area (Å²) in [5.41, 5.74) is 0.157. The second-order valence-corrected chi connectivity index (χ2v) is 5.87. The third-order valence-electron chi connectivity index (χ3n) is 3.70. The monoisotopic (exact) mass is 228 g/mol. The Kier molecular flexibility index (Phi) is 3.54. The van der Waals surface area contributed by atoms with Crippen LogP contribution in [0.25, 0.3) is 0 Å². The average molecular weight is 228 g/mol. The van der Waals surface area contributed by atoms with E-state index < -0.39 is 0 Å². The van der Waals surface area contributed by atoms with Crippen LogP contribution in [-0.4, -0.2) is 54.7 Å². The Labute approximate surface area is 98.5 Å². The van der Waals surface area contributed by atoms with Crippen molar-refractivity contribution in [3.8, 4) is 0 Å². The maximum Gasteiger partial charge on any atom is 0.101 e. The Bertz CT molecular complexity index is 243. The molecule has 2 saturated heterocycles. The molecule has 0 spiro atoms. The quantitative estimate of drug-likeness (QED) is 0.727. The molecule has 0 N–H and O–H groups in total. The molecule has 4 nitrogen and oxygen atoms in total. The van der Waals surface area contributed by atoms with Crippen LogP contribution < -0.4 is 0 Å². The highest BCUT2D eigenvalue weighted by Gasteiger charge is 2.37. The fourth-order valence-corrected chi connectivity index (χ4v) is 2.37. The van der Waals surface area contributed by atoms with Crippen molar-refractivity contribution in [1.29, 1.82) is 0 Å². The number of hydrogen-bond donors (Lipinski definition) is 0. The van der Waals surface area contributed by atoms with Crippen molar-refractivity contribution < 1.29 is 9.47 Å². The predicted molar refractivity (Wildman–Crippen MR) is 62.9 cm³/mol. The lowest BCUT2D eigenvalue weighted by atomic mass is 10.0. The first-order chi connectivity index (χ1) is 7.50. The second-order valence-electron chi connectivity index (χ2n) is 5.87. The lowest BCUT2D eigenvalue weighted by Crippen LogP contribution is -2.49. The summed E-state index contributed by atoms with van der Waals surface area (Å²) in [6.07, 6.45) is 0. The van der Waals surface area contributed by atoms with Gasteiger partial charge in [-0.25, -0.2) is 0 Å². The molecule has 2 fully saturated rings. The second kappa shape index (κ2) is 4.61. The van der Waals surface area contributed by atoms with Gasteiger partial charge in [0.15, 0.2) is 0 Å². The lowest BCUT2D eigenvalue weighted by Gasteiger charge is -2.35. The zero-order valence-corrected chi connectivity index (χ0v) is 10.9. The van der Waals surface area contributed by atoms with Crippen molar-refractivity contribution in [2.45, 2.75) is 39.3 Å². The van der Waals surface area contributed by atoms with Crippen LogP contribution in [0.4, 0.5) is 0 Å². The van der Waals surface area contributed by atoms with Crippen LogP contribution in [0.5, 0.6) is 0 Å². The van der Waals surface area contributed by atoms with E-state index in [1.807, 2.05) is 0 Å². The Morgan fingerprint density at radius 2 is 2.00 bits per heavy atom. The van der Waals surface area contributed by atoms with Crippen LogP contribution >= 0.6 is 0 Å². The predicted octanol–water partition coefficient (Wildman–Crippen LogP) is 1.33. The van der Waals surface area contributed by atoms with Gasteiger partial charge in [-0.05, 0) is 19.8 Å². The lowest BCUT2D eigenvalue weighted by molar-refractivity contribution is 0.0327. The third kappa shape index (κ3) is 2.40. The molecule has 1 unspecified atom stereocenters. The first-order valence-electron chi connectivity index (χ1n) is 6.15. The summed E-state index contributed by atoms with van der Waals surface area (Å²) >= 11 is 0. The average Bonchev–Trinajstić information content (AvgIpc) is 2.74. The maximum atomic E-state index is 5.57. The molecule has 0 amide bonds. The zero-order chi connectivity index (χ0) is 11.8. The molecule has 0 aromatic carbocycles. The summed E-state index contributed by atoms with van der Waals surface area (Å²) in [6.45, 7) is 13.2. The van der Waals surface area contributed by atoms with Crippen LogP contribution in [0, 0.1) is 5.92 Å². The smallest absolute Gasteiger partial charge is 0.101 e. The van der Waals surface area contributed by atoms with Gasteiger partial charge in [-0.3, -0.25) is 9.80 Å². The van der Waals surface area contributed by atoms with E-state index >= 15 is 0 Å². The first-order valence-corrected chi connectivity index (χ1v) is 6.15. The molecule has 1 atom stereocenters. The highest BCUT2D eigenvalue weighted by Crippen LogP contribution is 2.24. The highest BCUT2D eigenvalue weighted by molar-refractivity contribution is 4.86. The van der Waals surface area contributed by atoms with E-state index in [-0.39, 0.29) is 5.54 Å². The molecule has 0 radical (unpaired) electrons. The molecule has 94 valence electrons. The van der Waals surface area contributed by atoms with E-state index in [0.717, 1.165) is 33.3 Å². The van der Waals surface area contributed by atoms with Gasteiger partial charge in [0.25, 0.3) is 0 Å². The van der Waals surface area contributed by atoms with E-state index in [2.05, 4.69) is 37.5 Å². The summed E-state index contributed by atoms with van der Waals surface area (Å²) < 4.78 is 11.1. The highest BCUT2D eigenvalue weighted by atomic mass is 16.5. The minimum absolute atomic E-state index is 0.157. The largest absolute Gasteiger partial charge is 0.364 e. The molecule has 16 heavy (non-hydrogen) atoms. The van der Waals surface area contributed by atoms with Gasteiger partial charge in [-0.15, -0.1) is 0 Å². The number of nitrogens with zero attached hydrogens (tertiary/aromatic N) is 2. The van der Waals surface area contributed by atoms with Crippen molar-refractivity contribution in [2.24, 2.45) is 5.92 Å². The summed E-state index contributed by atoms with van der Waals surface area (Å²) in [6, 6.07) is 0.552. The SMILES string of the molecule is CC(C)C1COCN1CN1COCC1(C)C. The van der Waals surface area contributed by atoms with E-state index in [0.29, 0.717) is 12.0 Å². The maximum absolute atomic E-state index is 5.57. The molecule has 0 aliphatic carbocycles. The molecular weight excluding hydrogens is 204 g/mol. The van der Waals surface area contributed by atoms with Gasteiger partial charge in [0.05, 0.1) is 19.9 Å². The van der Waals surface area contributed by atoms with Crippen LogP contribution in [-0.2, 0) is 9.47 Å². The molecule has 2 aliphatic rings. The van der Waals surface area contributed by atoms with Crippen LogP contribution in [0.2, 0.25) is 0 Å². The Morgan fingerprint density at radius 3 is 2.56 bits per heavy atom. The fourth-order valence-electron chi connectivity index (χ4n) is 2.37. The Hall–Kier alpha value is -0.160. The summed E-state index contributed by atoms with van der Waals surface area (Å²) in [5.74, 6) is 0.647. The summed E-state index contributed by atoms with van der Waals surface area (Å²) in [4.78, 5) is 4.80. The Balaban J connectivity index is 1.94. The van der Waals surface area contributed by atoms with Gasteiger partial charge in [0, 0.05) is 11.6 Å². The molecule has 2 aliphatic heterocycles. The van der Waals surface area contributed by atoms with Gasteiger partial charge in [-0.1, -0.05) is 13.8 Å². The van der Waals surface area contributed by atoms with E-state index in [1.54, 1.807) is 0 Å². The molecule has 0 saturated carbocycles. The van der Waals surface area contributed by atoms with Gasteiger partial charge in [0.1, 0.15) is 13.5 Å². The molecule has 0 aromatic rings. The van der Waals surface area contributed by atoms with Gasteiger partial charge >= 0.3 is 0 Å². The standard InChI is InChI=1S/C12H24N2O2/c1-10(2)11-5-15-8-13(11)7-14-9-16-6-12(14,3)4/h10-11H,5-9H2,1-4H3. The summed E-state index contributed by atoms with van der Waals surface area (Å²) in [5, 5.41) is 0. The van der Waals surface area contributed by atoms with Crippen LogP contribution in [0.3, 0.4) is 0 Å². The van der Waals surface area contributed by atoms with Crippen LogP contribution in [0.1, 0.15) is 27.7 Å². The van der Waals surface area contributed by atoms with Crippen molar-refractivity contribution >= 4 is 0 Å². The fraction of sp³-hybridized carbons (Fsp3) is 1.00.